The molecule has 0 N–H and O–H groups in total. The summed E-state index contributed by atoms with van der Waals surface area (Å²) >= 11 is 5.04. The van der Waals surface area contributed by atoms with Crippen LogP contribution in [0.3, 0.4) is 0 Å². The van der Waals surface area contributed by atoms with Crippen LogP contribution < -0.4 is 4.90 Å². The molecule has 2 aromatic rings. The molecule has 4 nitrogen and oxygen atoms in total. The number of thiophene rings is 1. The predicted molar refractivity (Wildman–Crippen MR) is 80.3 cm³/mol. The van der Waals surface area contributed by atoms with Crippen molar-refractivity contribution in [3.8, 4) is 0 Å². The second-order valence-corrected chi connectivity index (χ2v) is 8.15. The van der Waals surface area contributed by atoms with Gasteiger partial charge in [-0.15, -0.1) is 15.7 Å². The second kappa shape index (κ2) is 4.73. The molecule has 0 spiro atoms. The Balaban J connectivity index is 2.01. The lowest BCUT2D eigenvalue weighted by molar-refractivity contribution is 0.597. The Hall–Kier alpha value is -1.18. The third-order valence-electron chi connectivity index (χ3n) is 2.73. The minimum atomic E-state index is -3.54. The molecule has 0 atom stereocenters. The molecule has 1 aromatic heterocycles. The van der Waals surface area contributed by atoms with E-state index in [0.717, 1.165) is 8.66 Å². The molecule has 2 heterocycles. The van der Waals surface area contributed by atoms with E-state index >= 15 is 0 Å². The van der Waals surface area contributed by atoms with Gasteiger partial charge in [-0.25, -0.2) is 0 Å². The molecule has 1 aliphatic rings. The summed E-state index contributed by atoms with van der Waals surface area (Å²) in [6.07, 6.45) is 1.38. The van der Waals surface area contributed by atoms with Crippen LogP contribution in [0.5, 0.6) is 0 Å². The highest BCUT2D eigenvalue weighted by Gasteiger charge is 2.24. The molecule has 0 saturated heterocycles. The van der Waals surface area contributed by atoms with Gasteiger partial charge in [0.15, 0.2) is 0 Å². The molecule has 1 aromatic carbocycles. The largest absolute Gasteiger partial charge is 0.325 e. The van der Waals surface area contributed by atoms with Crippen LogP contribution in [0.4, 0.5) is 5.69 Å². The van der Waals surface area contributed by atoms with E-state index < -0.39 is 10.0 Å². The summed E-state index contributed by atoms with van der Waals surface area (Å²) in [6, 6.07) is 10.9. The number of nitrogens with zero attached hydrogens (tertiary/aromatic N) is 2. The van der Waals surface area contributed by atoms with Crippen molar-refractivity contribution >= 4 is 49.3 Å². The van der Waals surface area contributed by atoms with Crippen LogP contribution in [-0.4, -0.2) is 14.8 Å². The van der Waals surface area contributed by atoms with Gasteiger partial charge in [0, 0.05) is 4.88 Å². The maximum Gasteiger partial charge on any atom is 0.285 e. The smallest absolute Gasteiger partial charge is 0.285 e. The molecule has 1 aliphatic heterocycles. The fourth-order valence-corrected chi connectivity index (χ4v) is 4.41. The van der Waals surface area contributed by atoms with E-state index in [1.165, 1.54) is 6.34 Å². The molecule has 7 heteroatoms. The summed E-state index contributed by atoms with van der Waals surface area (Å²) in [5, 5.41) is 0. The standard InChI is InChI=1S/C12H9BrN2O2S2/c13-12-6-5-9(18-12)7-15-8-14-19(16,17)11-4-2-1-3-10(11)15/h1-6,8H,7H2. The van der Waals surface area contributed by atoms with Crippen molar-refractivity contribution in [1.29, 1.82) is 0 Å². The SMILES string of the molecule is O=S1(=O)N=CN(Cc2ccc(Br)s2)c2ccccc21. The van der Waals surface area contributed by atoms with Crippen molar-refractivity contribution in [2.24, 2.45) is 4.40 Å². The first-order chi connectivity index (χ1) is 9.06. The maximum atomic E-state index is 11.8. The maximum absolute atomic E-state index is 11.8. The lowest BCUT2D eigenvalue weighted by atomic mass is 10.3. The average molecular weight is 357 g/mol. The van der Waals surface area contributed by atoms with Gasteiger partial charge in [0.1, 0.15) is 11.2 Å². The van der Waals surface area contributed by atoms with Gasteiger partial charge in [-0.05, 0) is 40.2 Å². The van der Waals surface area contributed by atoms with Gasteiger partial charge in [0.05, 0.1) is 16.0 Å². The molecule has 3 rings (SSSR count). The van der Waals surface area contributed by atoms with Crippen molar-refractivity contribution in [3.05, 3.63) is 45.1 Å². The van der Waals surface area contributed by atoms with Gasteiger partial charge in [0.2, 0.25) is 0 Å². The van der Waals surface area contributed by atoms with Crippen molar-refractivity contribution in [2.45, 2.75) is 11.4 Å². The van der Waals surface area contributed by atoms with Crippen LogP contribution in [0.25, 0.3) is 0 Å². The Morgan fingerprint density at radius 2 is 2.00 bits per heavy atom. The number of halogens is 1. The zero-order chi connectivity index (χ0) is 13.5. The zero-order valence-electron chi connectivity index (χ0n) is 9.65. The van der Waals surface area contributed by atoms with Crippen molar-refractivity contribution in [3.63, 3.8) is 0 Å². The van der Waals surface area contributed by atoms with Crippen molar-refractivity contribution in [2.75, 3.05) is 4.90 Å². The predicted octanol–water partition coefficient (Wildman–Crippen LogP) is 3.25. The molecule has 0 fully saturated rings. The number of benzene rings is 1. The van der Waals surface area contributed by atoms with E-state index in [-0.39, 0.29) is 4.90 Å². The molecular formula is C12H9BrN2O2S2. The third kappa shape index (κ3) is 2.45. The number of hydrogen-bond donors (Lipinski definition) is 0. The summed E-state index contributed by atoms with van der Waals surface area (Å²) in [4.78, 5) is 3.23. The van der Waals surface area contributed by atoms with E-state index in [0.29, 0.717) is 12.2 Å². The summed E-state index contributed by atoms with van der Waals surface area (Å²) in [5.41, 5.74) is 0.669. The van der Waals surface area contributed by atoms with Gasteiger partial charge in [-0.2, -0.15) is 8.42 Å². The molecule has 19 heavy (non-hydrogen) atoms. The monoisotopic (exact) mass is 356 g/mol. The molecule has 0 aliphatic carbocycles. The molecule has 0 radical (unpaired) electrons. The first-order valence-electron chi connectivity index (χ1n) is 5.47. The first-order valence-corrected chi connectivity index (χ1v) is 8.51. The van der Waals surface area contributed by atoms with E-state index in [9.17, 15) is 8.42 Å². The molecule has 98 valence electrons. The fourth-order valence-electron chi connectivity index (χ4n) is 1.88. The second-order valence-electron chi connectivity index (χ2n) is 4.00. The fraction of sp³-hybridized carbons (Fsp3) is 0.0833. The lowest BCUT2D eigenvalue weighted by Crippen LogP contribution is -2.26. The third-order valence-corrected chi connectivity index (χ3v) is 5.61. The molecule has 0 saturated carbocycles. The summed E-state index contributed by atoms with van der Waals surface area (Å²) in [6.45, 7) is 0.603. The highest BCUT2D eigenvalue weighted by atomic mass is 79.9. The number of hydrogen-bond acceptors (Lipinski definition) is 4. The van der Waals surface area contributed by atoms with Crippen LogP contribution in [-0.2, 0) is 16.6 Å². The Labute approximate surface area is 123 Å². The number of para-hydroxylation sites is 1. The minimum absolute atomic E-state index is 0.258. The van der Waals surface area contributed by atoms with Crippen LogP contribution in [0, 0.1) is 0 Å². The lowest BCUT2D eigenvalue weighted by Gasteiger charge is -2.24. The highest BCUT2D eigenvalue weighted by Crippen LogP contribution is 2.31. The average Bonchev–Trinajstić information content (AvgIpc) is 2.79. The Morgan fingerprint density at radius 1 is 1.21 bits per heavy atom. The van der Waals surface area contributed by atoms with Crippen LogP contribution in [0.2, 0.25) is 0 Å². The van der Waals surface area contributed by atoms with Crippen molar-refractivity contribution in [1.82, 2.24) is 0 Å². The summed E-state index contributed by atoms with van der Waals surface area (Å²) < 4.78 is 28.4. The van der Waals surface area contributed by atoms with Crippen LogP contribution in [0.15, 0.2) is 49.5 Å². The van der Waals surface area contributed by atoms with Gasteiger partial charge in [0.25, 0.3) is 10.0 Å². The normalized spacial score (nSPS) is 16.4. The molecule has 0 unspecified atom stereocenters. The van der Waals surface area contributed by atoms with Gasteiger partial charge in [-0.3, -0.25) is 0 Å². The topological polar surface area (TPSA) is 49.7 Å². The van der Waals surface area contributed by atoms with E-state index in [2.05, 4.69) is 20.3 Å². The van der Waals surface area contributed by atoms with E-state index in [1.807, 2.05) is 23.1 Å². The molecule has 0 bridgehead atoms. The first kappa shape index (κ1) is 12.8. The van der Waals surface area contributed by atoms with Crippen molar-refractivity contribution < 1.29 is 8.42 Å². The summed E-state index contributed by atoms with van der Waals surface area (Å²) in [5.74, 6) is 0. The highest BCUT2D eigenvalue weighted by molar-refractivity contribution is 9.11. The van der Waals surface area contributed by atoms with Crippen LogP contribution in [0.1, 0.15) is 4.88 Å². The summed E-state index contributed by atoms with van der Waals surface area (Å²) in [7, 11) is -3.54. The molecular weight excluding hydrogens is 348 g/mol. The number of fused-ring (bicyclic) bond motifs is 1. The van der Waals surface area contributed by atoms with Gasteiger partial charge >= 0.3 is 0 Å². The Kier molecular flexibility index (Phi) is 3.20. The Morgan fingerprint density at radius 3 is 2.74 bits per heavy atom. The molecule has 0 amide bonds. The van der Waals surface area contributed by atoms with E-state index in [4.69, 9.17) is 0 Å². The quantitative estimate of drug-likeness (QED) is 0.829. The number of sulfonamides is 1. The van der Waals surface area contributed by atoms with E-state index in [1.54, 1.807) is 29.5 Å². The minimum Gasteiger partial charge on any atom is -0.325 e. The Bertz CT molecular complexity index is 753. The van der Waals surface area contributed by atoms with Gasteiger partial charge < -0.3 is 4.90 Å². The number of rotatable bonds is 2. The zero-order valence-corrected chi connectivity index (χ0v) is 12.9. The van der Waals surface area contributed by atoms with Crippen LogP contribution >= 0.6 is 27.3 Å². The van der Waals surface area contributed by atoms with Gasteiger partial charge in [-0.1, -0.05) is 12.1 Å². The number of anilines is 1.